The minimum Gasteiger partial charge on any atom is -0.103 e. The molecule has 1 unspecified atom stereocenters. The summed E-state index contributed by atoms with van der Waals surface area (Å²) < 4.78 is 0. The quantitative estimate of drug-likeness (QED) is 0.213. The normalized spacial score (nSPS) is 12.3. The minimum absolute atomic E-state index is 0.0211. The minimum atomic E-state index is -0.0211. The second-order valence-corrected chi connectivity index (χ2v) is 5.94. The number of rotatable bonds is 6. The maximum Gasteiger partial charge on any atom is 0.0809 e. The SMILES string of the molecule is C=CCCCC(C=C)c1c(Cl)c(Cl)c(Cl)c(Cl)c1Cl. The van der Waals surface area contributed by atoms with Crippen LogP contribution in [-0.4, -0.2) is 0 Å². The Labute approximate surface area is 138 Å². The van der Waals surface area contributed by atoms with Gasteiger partial charge in [-0.1, -0.05) is 70.2 Å². The second-order valence-electron chi connectivity index (χ2n) is 4.05. The van der Waals surface area contributed by atoms with Gasteiger partial charge in [-0.3, -0.25) is 0 Å². The van der Waals surface area contributed by atoms with Crippen molar-refractivity contribution in [2.75, 3.05) is 0 Å². The van der Waals surface area contributed by atoms with Crippen molar-refractivity contribution in [1.29, 1.82) is 0 Å². The number of unbranched alkanes of at least 4 members (excludes halogenated alkanes) is 1. The van der Waals surface area contributed by atoms with Crippen LogP contribution in [0.25, 0.3) is 0 Å². The first kappa shape index (κ1) is 17.2. The van der Waals surface area contributed by atoms with Crippen molar-refractivity contribution in [2.24, 2.45) is 0 Å². The summed E-state index contributed by atoms with van der Waals surface area (Å²) >= 11 is 30.6. The molecule has 0 spiro atoms. The van der Waals surface area contributed by atoms with Crippen molar-refractivity contribution in [1.82, 2.24) is 0 Å². The summed E-state index contributed by atoms with van der Waals surface area (Å²) in [4.78, 5) is 0. The van der Waals surface area contributed by atoms with Gasteiger partial charge in [-0.25, -0.2) is 0 Å². The molecule has 0 aliphatic heterocycles. The Kier molecular flexibility index (Phi) is 7.07. The lowest BCUT2D eigenvalue weighted by Gasteiger charge is -2.19. The van der Waals surface area contributed by atoms with Crippen LogP contribution in [0.2, 0.25) is 25.1 Å². The molecule has 0 saturated carbocycles. The van der Waals surface area contributed by atoms with E-state index in [2.05, 4.69) is 13.2 Å². The van der Waals surface area contributed by atoms with Gasteiger partial charge in [-0.15, -0.1) is 13.2 Å². The molecule has 5 heteroatoms. The van der Waals surface area contributed by atoms with Crippen molar-refractivity contribution >= 4 is 58.0 Å². The van der Waals surface area contributed by atoms with Gasteiger partial charge in [-0.05, 0) is 24.8 Å². The molecule has 0 heterocycles. The maximum atomic E-state index is 6.23. The van der Waals surface area contributed by atoms with Crippen LogP contribution in [0.3, 0.4) is 0 Å². The van der Waals surface area contributed by atoms with E-state index in [4.69, 9.17) is 58.0 Å². The predicted molar refractivity (Wildman–Crippen MR) is 88.5 cm³/mol. The van der Waals surface area contributed by atoms with Gasteiger partial charge in [0.2, 0.25) is 0 Å². The molecule has 0 N–H and O–H groups in total. The molecule has 0 amide bonds. The summed E-state index contributed by atoms with van der Waals surface area (Å²) in [6.07, 6.45) is 6.35. The third-order valence-corrected chi connectivity index (χ3v) is 5.13. The van der Waals surface area contributed by atoms with E-state index in [9.17, 15) is 0 Å². The molecular formula is C14H13Cl5. The van der Waals surface area contributed by atoms with E-state index in [1.807, 2.05) is 6.08 Å². The Balaban J connectivity index is 3.24. The molecule has 1 aromatic rings. The monoisotopic (exact) mass is 356 g/mol. The van der Waals surface area contributed by atoms with E-state index < -0.39 is 0 Å². The highest BCUT2D eigenvalue weighted by atomic mass is 35.5. The molecule has 0 aliphatic carbocycles. The fourth-order valence-corrected chi connectivity index (χ4v) is 3.24. The van der Waals surface area contributed by atoms with Crippen molar-refractivity contribution in [3.8, 4) is 0 Å². The van der Waals surface area contributed by atoms with Gasteiger partial charge in [0, 0.05) is 5.92 Å². The molecule has 0 bridgehead atoms. The number of allylic oxidation sites excluding steroid dienone is 2. The largest absolute Gasteiger partial charge is 0.103 e. The third-order valence-electron chi connectivity index (χ3n) is 2.82. The van der Waals surface area contributed by atoms with Crippen LogP contribution in [-0.2, 0) is 0 Å². The lowest BCUT2D eigenvalue weighted by atomic mass is 9.93. The van der Waals surface area contributed by atoms with Crippen LogP contribution in [0.4, 0.5) is 0 Å². The molecule has 1 aromatic carbocycles. The average Bonchev–Trinajstić information content (AvgIpc) is 2.41. The van der Waals surface area contributed by atoms with E-state index in [-0.39, 0.29) is 21.0 Å². The number of halogens is 5. The molecule has 0 aromatic heterocycles. The lowest BCUT2D eigenvalue weighted by Crippen LogP contribution is -1.99. The number of hydrogen-bond acceptors (Lipinski definition) is 0. The van der Waals surface area contributed by atoms with Crippen LogP contribution < -0.4 is 0 Å². The zero-order chi connectivity index (χ0) is 14.6. The van der Waals surface area contributed by atoms with Crippen LogP contribution >= 0.6 is 58.0 Å². The standard InChI is InChI=1S/C14H13Cl5/c1-3-5-6-7-8(4-2)9-10(15)12(17)14(19)13(18)11(9)16/h3-4,8H,1-2,5-7H2. The van der Waals surface area contributed by atoms with Gasteiger partial charge in [0.15, 0.2) is 0 Å². The Hall–Kier alpha value is 0.150. The fraction of sp³-hybridized carbons (Fsp3) is 0.286. The second kappa shape index (κ2) is 7.81. The summed E-state index contributed by atoms with van der Waals surface area (Å²) in [6.45, 7) is 7.51. The van der Waals surface area contributed by atoms with Crippen molar-refractivity contribution in [2.45, 2.75) is 25.2 Å². The first-order chi connectivity index (χ1) is 8.95. The van der Waals surface area contributed by atoms with E-state index >= 15 is 0 Å². The van der Waals surface area contributed by atoms with Crippen LogP contribution in [0, 0.1) is 0 Å². The summed E-state index contributed by atoms with van der Waals surface area (Å²) in [5.41, 5.74) is 0.682. The highest BCUT2D eigenvalue weighted by Crippen LogP contribution is 2.47. The highest BCUT2D eigenvalue weighted by molar-refractivity contribution is 6.55. The molecular weight excluding hydrogens is 345 g/mol. The van der Waals surface area contributed by atoms with Crippen molar-refractivity contribution in [3.05, 3.63) is 56.0 Å². The zero-order valence-corrected chi connectivity index (χ0v) is 13.9. The Bertz CT molecular complexity index is 464. The van der Waals surface area contributed by atoms with Crippen LogP contribution in [0.15, 0.2) is 25.3 Å². The predicted octanol–water partition coefficient (Wildman–Crippen LogP) is 7.58. The van der Waals surface area contributed by atoms with Crippen LogP contribution in [0.5, 0.6) is 0 Å². The van der Waals surface area contributed by atoms with E-state index in [1.165, 1.54) is 0 Å². The Morgan fingerprint density at radius 3 is 1.74 bits per heavy atom. The molecule has 0 fully saturated rings. The Morgan fingerprint density at radius 2 is 1.32 bits per heavy atom. The fourth-order valence-electron chi connectivity index (χ4n) is 1.81. The molecule has 0 radical (unpaired) electrons. The van der Waals surface area contributed by atoms with E-state index in [0.717, 1.165) is 19.3 Å². The Morgan fingerprint density at radius 1 is 0.842 bits per heavy atom. The summed E-state index contributed by atoms with van der Waals surface area (Å²) in [5.74, 6) is -0.0211. The zero-order valence-electron chi connectivity index (χ0n) is 10.2. The van der Waals surface area contributed by atoms with Gasteiger partial charge in [0.05, 0.1) is 25.1 Å². The average molecular weight is 359 g/mol. The van der Waals surface area contributed by atoms with E-state index in [0.29, 0.717) is 15.6 Å². The molecule has 19 heavy (non-hydrogen) atoms. The summed E-state index contributed by atoms with van der Waals surface area (Å²) in [5, 5.41) is 1.30. The van der Waals surface area contributed by atoms with Gasteiger partial charge in [-0.2, -0.15) is 0 Å². The first-order valence-corrected chi connectivity index (χ1v) is 7.59. The van der Waals surface area contributed by atoms with Gasteiger partial charge in [0.25, 0.3) is 0 Å². The van der Waals surface area contributed by atoms with Gasteiger partial charge >= 0.3 is 0 Å². The van der Waals surface area contributed by atoms with Crippen LogP contribution in [0.1, 0.15) is 30.7 Å². The molecule has 0 aliphatic rings. The molecule has 1 rings (SSSR count). The molecule has 104 valence electrons. The molecule has 0 nitrogen and oxygen atoms in total. The molecule has 1 atom stereocenters. The lowest BCUT2D eigenvalue weighted by molar-refractivity contribution is 0.686. The first-order valence-electron chi connectivity index (χ1n) is 5.70. The summed E-state index contributed by atoms with van der Waals surface area (Å²) in [6, 6.07) is 0. The van der Waals surface area contributed by atoms with Crippen molar-refractivity contribution < 1.29 is 0 Å². The number of hydrogen-bond donors (Lipinski definition) is 0. The smallest absolute Gasteiger partial charge is 0.0809 e. The maximum absolute atomic E-state index is 6.23. The van der Waals surface area contributed by atoms with Gasteiger partial charge < -0.3 is 0 Å². The van der Waals surface area contributed by atoms with E-state index in [1.54, 1.807) is 6.08 Å². The number of benzene rings is 1. The molecule has 0 saturated heterocycles. The van der Waals surface area contributed by atoms with Gasteiger partial charge in [0.1, 0.15) is 0 Å². The van der Waals surface area contributed by atoms with Crippen molar-refractivity contribution in [3.63, 3.8) is 0 Å². The highest BCUT2D eigenvalue weighted by Gasteiger charge is 2.23. The topological polar surface area (TPSA) is 0 Å². The third kappa shape index (κ3) is 3.83. The summed E-state index contributed by atoms with van der Waals surface area (Å²) in [7, 11) is 0.